The average molecular weight is 338 g/mol. The van der Waals surface area contributed by atoms with Crippen molar-refractivity contribution in [3.8, 4) is 0 Å². The van der Waals surface area contributed by atoms with E-state index >= 15 is 0 Å². The molecule has 5 heteroatoms. The van der Waals surface area contributed by atoms with Crippen LogP contribution in [0.4, 0.5) is 5.95 Å². The molecule has 1 saturated heterocycles. The molecule has 82 valence electrons. The van der Waals surface area contributed by atoms with Crippen molar-refractivity contribution in [3.05, 3.63) is 14.4 Å². The van der Waals surface area contributed by atoms with Gasteiger partial charge in [0.05, 0.1) is 9.26 Å². The minimum Gasteiger partial charge on any atom is -0.341 e. The molecule has 1 aliphatic rings. The SMILES string of the molecule is CCc1nc(N2CCCC2)nc(Cl)c1I. The maximum Gasteiger partial charge on any atom is 0.227 e. The zero-order valence-electron chi connectivity index (χ0n) is 8.63. The second-order valence-corrected chi connectivity index (χ2v) is 5.06. The molecule has 0 spiro atoms. The van der Waals surface area contributed by atoms with Crippen molar-refractivity contribution in [2.24, 2.45) is 0 Å². The van der Waals surface area contributed by atoms with E-state index in [9.17, 15) is 0 Å². The first-order valence-corrected chi connectivity index (χ1v) is 6.65. The highest BCUT2D eigenvalue weighted by Crippen LogP contribution is 2.24. The Kier molecular flexibility index (Phi) is 3.66. The van der Waals surface area contributed by atoms with Crippen LogP contribution in [-0.2, 0) is 6.42 Å². The van der Waals surface area contributed by atoms with E-state index in [-0.39, 0.29) is 0 Å². The molecule has 0 amide bonds. The summed E-state index contributed by atoms with van der Waals surface area (Å²) in [5, 5.41) is 0.587. The maximum atomic E-state index is 6.09. The topological polar surface area (TPSA) is 29.0 Å². The van der Waals surface area contributed by atoms with Gasteiger partial charge in [-0.25, -0.2) is 4.98 Å². The lowest BCUT2D eigenvalue weighted by molar-refractivity contribution is 0.869. The van der Waals surface area contributed by atoms with E-state index in [1.54, 1.807) is 0 Å². The van der Waals surface area contributed by atoms with Crippen LogP contribution in [0.3, 0.4) is 0 Å². The Hall–Kier alpha value is -0.100. The first-order valence-electron chi connectivity index (χ1n) is 5.19. The van der Waals surface area contributed by atoms with Crippen LogP contribution in [0.5, 0.6) is 0 Å². The predicted molar refractivity (Wildman–Crippen MR) is 70.6 cm³/mol. The Morgan fingerprint density at radius 1 is 1.33 bits per heavy atom. The van der Waals surface area contributed by atoms with Gasteiger partial charge in [0.25, 0.3) is 0 Å². The highest BCUT2D eigenvalue weighted by Gasteiger charge is 2.17. The van der Waals surface area contributed by atoms with Crippen LogP contribution in [0.1, 0.15) is 25.5 Å². The molecule has 0 aromatic carbocycles. The van der Waals surface area contributed by atoms with Gasteiger partial charge in [0.2, 0.25) is 5.95 Å². The number of rotatable bonds is 2. The molecule has 15 heavy (non-hydrogen) atoms. The fraction of sp³-hybridized carbons (Fsp3) is 0.600. The van der Waals surface area contributed by atoms with Crippen LogP contribution in [0.2, 0.25) is 5.15 Å². The molecular weight excluding hydrogens is 324 g/mol. The quantitative estimate of drug-likeness (QED) is 0.614. The molecule has 1 aromatic rings. The van der Waals surface area contributed by atoms with Gasteiger partial charge < -0.3 is 4.90 Å². The van der Waals surface area contributed by atoms with Gasteiger partial charge in [-0.15, -0.1) is 0 Å². The standard InChI is InChI=1S/C10H13ClIN3/c1-2-7-8(12)9(11)14-10(13-7)15-5-3-4-6-15/h2-6H2,1H3. The average Bonchev–Trinajstić information content (AvgIpc) is 2.75. The maximum absolute atomic E-state index is 6.09. The van der Waals surface area contributed by atoms with Crippen LogP contribution in [0.15, 0.2) is 0 Å². The summed E-state index contributed by atoms with van der Waals surface area (Å²) in [4.78, 5) is 11.1. The number of hydrogen-bond acceptors (Lipinski definition) is 3. The van der Waals surface area contributed by atoms with Gasteiger partial charge in [-0.2, -0.15) is 4.98 Å². The van der Waals surface area contributed by atoms with Crippen LogP contribution in [-0.4, -0.2) is 23.1 Å². The van der Waals surface area contributed by atoms with Crippen molar-refractivity contribution in [2.45, 2.75) is 26.2 Å². The van der Waals surface area contributed by atoms with Gasteiger partial charge in [0.15, 0.2) is 0 Å². The van der Waals surface area contributed by atoms with E-state index in [1.807, 2.05) is 0 Å². The molecule has 3 nitrogen and oxygen atoms in total. The summed E-state index contributed by atoms with van der Waals surface area (Å²) in [7, 11) is 0. The van der Waals surface area contributed by atoms with Gasteiger partial charge in [-0.3, -0.25) is 0 Å². The lowest BCUT2D eigenvalue weighted by Crippen LogP contribution is -2.21. The van der Waals surface area contributed by atoms with E-state index < -0.39 is 0 Å². The molecule has 0 radical (unpaired) electrons. The molecule has 1 aliphatic heterocycles. The molecule has 0 aliphatic carbocycles. The molecule has 1 aromatic heterocycles. The molecule has 0 saturated carbocycles. The highest BCUT2D eigenvalue weighted by molar-refractivity contribution is 14.1. The first kappa shape index (κ1) is 11.4. The molecule has 1 fully saturated rings. The van der Waals surface area contributed by atoms with Crippen molar-refractivity contribution in [3.63, 3.8) is 0 Å². The molecule has 0 atom stereocenters. The zero-order valence-corrected chi connectivity index (χ0v) is 11.5. The van der Waals surface area contributed by atoms with Crippen LogP contribution < -0.4 is 4.90 Å². The predicted octanol–water partition coefficient (Wildman–Crippen LogP) is 2.90. The summed E-state index contributed by atoms with van der Waals surface area (Å²) in [6.45, 7) is 4.20. The number of aryl methyl sites for hydroxylation is 1. The van der Waals surface area contributed by atoms with Crippen molar-refractivity contribution >= 4 is 40.1 Å². The summed E-state index contributed by atoms with van der Waals surface area (Å²) in [6, 6.07) is 0. The van der Waals surface area contributed by atoms with Gasteiger partial charge >= 0.3 is 0 Å². The minimum atomic E-state index is 0.587. The molecule has 0 N–H and O–H groups in total. The zero-order chi connectivity index (χ0) is 10.8. The fourth-order valence-corrected chi connectivity index (χ4v) is 2.55. The number of anilines is 1. The number of aromatic nitrogens is 2. The van der Waals surface area contributed by atoms with Gasteiger partial charge in [0.1, 0.15) is 5.15 Å². The van der Waals surface area contributed by atoms with E-state index in [0.717, 1.165) is 34.7 Å². The Morgan fingerprint density at radius 3 is 2.60 bits per heavy atom. The first-order chi connectivity index (χ1) is 7.22. The molecule has 2 heterocycles. The van der Waals surface area contributed by atoms with Crippen molar-refractivity contribution in [1.29, 1.82) is 0 Å². The summed E-state index contributed by atoms with van der Waals surface area (Å²) in [5.74, 6) is 0.801. The number of nitrogens with zero attached hydrogens (tertiary/aromatic N) is 3. The van der Waals surface area contributed by atoms with E-state index in [2.05, 4.69) is 44.4 Å². The van der Waals surface area contributed by atoms with Crippen LogP contribution in [0, 0.1) is 3.57 Å². The second kappa shape index (κ2) is 4.82. The van der Waals surface area contributed by atoms with Crippen LogP contribution >= 0.6 is 34.2 Å². The number of hydrogen-bond donors (Lipinski definition) is 0. The lowest BCUT2D eigenvalue weighted by atomic mass is 10.3. The third kappa shape index (κ3) is 2.36. The smallest absolute Gasteiger partial charge is 0.227 e. The third-order valence-electron chi connectivity index (χ3n) is 2.59. The molecular formula is C10H13ClIN3. The van der Waals surface area contributed by atoms with Crippen molar-refractivity contribution in [2.75, 3.05) is 18.0 Å². The number of halogens is 2. The van der Waals surface area contributed by atoms with Crippen molar-refractivity contribution in [1.82, 2.24) is 9.97 Å². The van der Waals surface area contributed by atoms with Gasteiger partial charge in [0, 0.05) is 13.1 Å². The van der Waals surface area contributed by atoms with E-state index in [1.165, 1.54) is 12.8 Å². The Bertz CT molecular complexity index is 364. The van der Waals surface area contributed by atoms with Crippen molar-refractivity contribution < 1.29 is 0 Å². The normalized spacial score (nSPS) is 16.1. The summed E-state index contributed by atoms with van der Waals surface area (Å²) in [6.07, 6.45) is 3.37. The van der Waals surface area contributed by atoms with Crippen LogP contribution in [0.25, 0.3) is 0 Å². The third-order valence-corrected chi connectivity index (χ3v) is 4.32. The largest absolute Gasteiger partial charge is 0.341 e. The fourth-order valence-electron chi connectivity index (χ4n) is 1.74. The summed E-state index contributed by atoms with van der Waals surface area (Å²) in [5.41, 5.74) is 1.05. The lowest BCUT2D eigenvalue weighted by Gasteiger charge is -2.16. The summed E-state index contributed by atoms with van der Waals surface area (Å²) >= 11 is 8.30. The Balaban J connectivity index is 2.35. The molecule has 0 unspecified atom stereocenters. The Labute approximate surface area is 108 Å². The van der Waals surface area contributed by atoms with Gasteiger partial charge in [-0.05, 0) is 41.9 Å². The monoisotopic (exact) mass is 337 g/mol. The molecule has 2 rings (SSSR count). The highest BCUT2D eigenvalue weighted by atomic mass is 127. The second-order valence-electron chi connectivity index (χ2n) is 3.62. The summed E-state index contributed by atoms with van der Waals surface area (Å²) < 4.78 is 0.986. The van der Waals surface area contributed by atoms with E-state index in [4.69, 9.17) is 11.6 Å². The minimum absolute atomic E-state index is 0.587. The Morgan fingerprint density at radius 2 is 2.00 bits per heavy atom. The van der Waals surface area contributed by atoms with Gasteiger partial charge in [-0.1, -0.05) is 18.5 Å². The molecule has 0 bridgehead atoms. The van der Waals surface area contributed by atoms with E-state index in [0.29, 0.717) is 5.15 Å².